The number of aliphatic hydroxyl groups is 2. The Morgan fingerprint density at radius 3 is 2.97 bits per heavy atom. The van der Waals surface area contributed by atoms with Crippen LogP contribution < -0.4 is 10.6 Å². The van der Waals surface area contributed by atoms with Crippen LogP contribution in [-0.4, -0.2) is 86.5 Å². The molecule has 4 rings (SSSR count). The van der Waals surface area contributed by atoms with E-state index in [1.165, 1.54) is 12.7 Å². The fourth-order valence-corrected chi connectivity index (χ4v) is 3.52. The molecule has 0 spiro atoms. The molecule has 2 fully saturated rings. The van der Waals surface area contributed by atoms with E-state index in [4.69, 9.17) is 14.2 Å². The third-order valence-corrected chi connectivity index (χ3v) is 5.14. The van der Waals surface area contributed by atoms with Crippen LogP contribution in [0.4, 0.5) is 10.6 Å². The number of fused-ring (bicyclic) bond motifs is 1. The Kier molecular flexibility index (Phi) is 6.27. The van der Waals surface area contributed by atoms with Crippen molar-refractivity contribution in [2.24, 2.45) is 0 Å². The van der Waals surface area contributed by atoms with Crippen LogP contribution >= 0.6 is 0 Å². The first-order valence-corrected chi connectivity index (χ1v) is 10.0. The average Bonchev–Trinajstić information content (AvgIpc) is 3.47. The van der Waals surface area contributed by atoms with E-state index in [0.717, 1.165) is 12.8 Å². The minimum absolute atomic E-state index is 0.142. The quantitative estimate of drug-likeness (QED) is 0.471. The Hall–Kier alpha value is -2.54. The molecule has 2 aromatic heterocycles. The molecule has 0 aromatic carbocycles. The third kappa shape index (κ3) is 4.17. The van der Waals surface area contributed by atoms with E-state index < -0.39 is 30.6 Å². The van der Waals surface area contributed by atoms with Gasteiger partial charge in [0.05, 0.1) is 19.0 Å². The summed E-state index contributed by atoms with van der Waals surface area (Å²) in [6.45, 7) is 3.51. The second kappa shape index (κ2) is 9.08. The fourth-order valence-electron chi connectivity index (χ4n) is 3.52. The topological polar surface area (TPSA) is 153 Å². The van der Waals surface area contributed by atoms with E-state index in [9.17, 15) is 15.0 Å². The molecule has 2 unspecified atom stereocenters. The van der Waals surface area contributed by atoms with Crippen LogP contribution in [0.5, 0.6) is 0 Å². The zero-order valence-electron chi connectivity index (χ0n) is 16.6. The molecule has 5 atom stereocenters. The smallest absolute Gasteiger partial charge is 0.407 e. The first-order valence-electron chi connectivity index (χ1n) is 10.0. The van der Waals surface area contributed by atoms with E-state index in [1.54, 1.807) is 4.57 Å². The predicted octanol–water partition coefficient (Wildman–Crippen LogP) is -0.217. The third-order valence-electron chi connectivity index (χ3n) is 5.14. The second-order valence-corrected chi connectivity index (χ2v) is 7.32. The number of carbonyl (C=O) groups is 1. The summed E-state index contributed by atoms with van der Waals surface area (Å²) in [7, 11) is 0. The summed E-state index contributed by atoms with van der Waals surface area (Å²) in [5.41, 5.74) is 0.971. The summed E-state index contributed by atoms with van der Waals surface area (Å²) in [6.07, 6.45) is -0.374. The molecular formula is C18H26N6O6. The van der Waals surface area contributed by atoms with Crippen molar-refractivity contribution in [3.8, 4) is 0 Å². The number of anilines is 1. The number of nitrogens with zero attached hydrogens (tertiary/aromatic N) is 4. The maximum Gasteiger partial charge on any atom is 0.407 e. The highest BCUT2D eigenvalue weighted by molar-refractivity contribution is 5.82. The highest BCUT2D eigenvalue weighted by Gasteiger charge is 2.45. The maximum atomic E-state index is 11.6. The minimum Gasteiger partial charge on any atom is -0.447 e. The number of rotatable bonds is 7. The molecule has 0 aliphatic carbocycles. The molecule has 2 saturated heterocycles. The maximum absolute atomic E-state index is 11.6. The van der Waals surface area contributed by atoms with Gasteiger partial charge in [-0.05, 0) is 12.8 Å². The number of carbonyl (C=O) groups excluding carboxylic acids is 1. The predicted molar refractivity (Wildman–Crippen MR) is 104 cm³/mol. The van der Waals surface area contributed by atoms with Crippen LogP contribution in [0.3, 0.4) is 0 Å². The normalized spacial score (nSPS) is 28.7. The first-order chi connectivity index (χ1) is 14.6. The van der Waals surface area contributed by atoms with E-state index in [1.807, 2.05) is 6.92 Å². The number of hydrogen-bond donors (Lipinski definition) is 4. The van der Waals surface area contributed by atoms with Crippen molar-refractivity contribution < 1.29 is 29.2 Å². The zero-order chi connectivity index (χ0) is 21.1. The lowest BCUT2D eigenvalue weighted by Crippen LogP contribution is -2.36. The zero-order valence-corrected chi connectivity index (χ0v) is 16.6. The molecule has 12 nitrogen and oxygen atoms in total. The van der Waals surface area contributed by atoms with Gasteiger partial charge in [-0.15, -0.1) is 0 Å². The van der Waals surface area contributed by atoms with E-state index in [2.05, 4.69) is 25.6 Å². The number of nitrogens with one attached hydrogen (secondary N) is 2. The van der Waals surface area contributed by atoms with Gasteiger partial charge in [0.2, 0.25) is 0 Å². The first kappa shape index (κ1) is 20.7. The molecule has 4 N–H and O–H groups in total. The number of imidazole rings is 1. The summed E-state index contributed by atoms with van der Waals surface area (Å²) < 4.78 is 17.8. The molecule has 1 amide bonds. The number of aromatic nitrogens is 4. The number of hydrogen-bond acceptors (Lipinski definition) is 10. The lowest BCUT2D eigenvalue weighted by molar-refractivity contribution is -0.0533. The van der Waals surface area contributed by atoms with Gasteiger partial charge in [-0.2, -0.15) is 0 Å². The van der Waals surface area contributed by atoms with Gasteiger partial charge < -0.3 is 35.1 Å². The fraction of sp³-hybridized carbons (Fsp3) is 0.667. The van der Waals surface area contributed by atoms with Gasteiger partial charge in [0, 0.05) is 13.2 Å². The largest absolute Gasteiger partial charge is 0.447 e. The summed E-state index contributed by atoms with van der Waals surface area (Å²) >= 11 is 0. The van der Waals surface area contributed by atoms with Crippen molar-refractivity contribution in [2.45, 2.75) is 50.3 Å². The van der Waals surface area contributed by atoms with E-state index in [-0.39, 0.29) is 12.6 Å². The molecule has 0 bridgehead atoms. The Labute approximate surface area is 172 Å². The summed E-state index contributed by atoms with van der Waals surface area (Å²) in [4.78, 5) is 24.5. The van der Waals surface area contributed by atoms with Crippen molar-refractivity contribution in [1.29, 1.82) is 0 Å². The Balaban J connectivity index is 1.47. The lowest BCUT2D eigenvalue weighted by Gasteiger charge is -2.17. The van der Waals surface area contributed by atoms with E-state index >= 15 is 0 Å². The van der Waals surface area contributed by atoms with Crippen LogP contribution in [0.2, 0.25) is 0 Å². The standard InChI is InChI=1S/C18H26N6O6/c1-2-4-19-18(27)29-7-11-13(25)14(26)17(30-11)24-9-22-12-15(20-8-21-16(12)24)23-10-3-5-28-6-10/h8-11,13-14,17,25-26H,2-7H2,1H3,(H,19,27)(H,20,21,23)/t10?,11-,13-,14-,17?/m1/s1. The van der Waals surface area contributed by atoms with Crippen LogP contribution in [0.25, 0.3) is 11.2 Å². The molecule has 0 radical (unpaired) electrons. The summed E-state index contributed by atoms with van der Waals surface area (Å²) in [5.74, 6) is 0.565. The summed E-state index contributed by atoms with van der Waals surface area (Å²) in [5, 5.41) is 26.7. The van der Waals surface area contributed by atoms with Crippen molar-refractivity contribution >= 4 is 23.1 Å². The Morgan fingerprint density at radius 2 is 2.20 bits per heavy atom. The van der Waals surface area contributed by atoms with Gasteiger partial charge in [0.25, 0.3) is 0 Å². The molecule has 0 saturated carbocycles. The molecule has 164 valence electrons. The molecule has 30 heavy (non-hydrogen) atoms. The molecule has 4 heterocycles. The van der Waals surface area contributed by atoms with Gasteiger partial charge in [-0.25, -0.2) is 19.7 Å². The number of amides is 1. The Bertz CT molecular complexity index is 872. The van der Waals surface area contributed by atoms with Gasteiger partial charge >= 0.3 is 6.09 Å². The van der Waals surface area contributed by atoms with Crippen molar-refractivity contribution in [3.63, 3.8) is 0 Å². The van der Waals surface area contributed by atoms with Crippen LogP contribution in [0.15, 0.2) is 12.7 Å². The van der Waals surface area contributed by atoms with Gasteiger partial charge in [-0.1, -0.05) is 6.92 Å². The lowest BCUT2D eigenvalue weighted by atomic mass is 10.1. The molecule has 2 aliphatic rings. The van der Waals surface area contributed by atoms with E-state index in [0.29, 0.717) is 36.7 Å². The monoisotopic (exact) mass is 422 g/mol. The number of aliphatic hydroxyl groups excluding tert-OH is 2. The minimum atomic E-state index is -1.25. The summed E-state index contributed by atoms with van der Waals surface area (Å²) in [6, 6.07) is 0.142. The average molecular weight is 422 g/mol. The van der Waals surface area contributed by atoms with Gasteiger partial charge in [0.15, 0.2) is 23.2 Å². The van der Waals surface area contributed by atoms with Crippen molar-refractivity contribution in [2.75, 3.05) is 31.7 Å². The SMILES string of the molecule is CCCNC(=O)OC[C@H]1OC(n2cnc3c(NC4CCOC4)ncnc32)[C@H](O)[C@@H]1O. The number of alkyl carbamates (subject to hydrolysis) is 1. The molecule has 2 aromatic rings. The van der Waals surface area contributed by atoms with Crippen molar-refractivity contribution in [3.05, 3.63) is 12.7 Å². The Morgan fingerprint density at radius 1 is 1.33 bits per heavy atom. The van der Waals surface area contributed by atoms with Gasteiger partial charge in [0.1, 0.15) is 31.2 Å². The molecular weight excluding hydrogens is 396 g/mol. The second-order valence-electron chi connectivity index (χ2n) is 7.32. The van der Waals surface area contributed by atoms with Gasteiger partial charge in [-0.3, -0.25) is 4.57 Å². The highest BCUT2D eigenvalue weighted by Crippen LogP contribution is 2.32. The van der Waals surface area contributed by atoms with Crippen LogP contribution in [-0.2, 0) is 14.2 Å². The number of ether oxygens (including phenoxy) is 3. The highest BCUT2D eigenvalue weighted by atomic mass is 16.6. The van der Waals surface area contributed by atoms with Crippen LogP contribution in [0, 0.1) is 0 Å². The van der Waals surface area contributed by atoms with Crippen LogP contribution in [0.1, 0.15) is 26.0 Å². The van der Waals surface area contributed by atoms with Crippen molar-refractivity contribution in [1.82, 2.24) is 24.8 Å². The molecule has 12 heteroatoms. The molecule has 2 aliphatic heterocycles.